The SMILES string of the molecule is COCCn1ccnc1[C@H]1CCCN(c2ccnc3cc(Cl)ccc23)C1. The third kappa shape index (κ3) is 3.41. The van der Waals surface area contributed by atoms with Crippen LogP contribution in [0.5, 0.6) is 0 Å². The second kappa shape index (κ2) is 7.64. The quantitative estimate of drug-likeness (QED) is 0.677. The Labute approximate surface area is 158 Å². The van der Waals surface area contributed by atoms with E-state index in [4.69, 9.17) is 16.3 Å². The number of pyridine rings is 1. The molecule has 0 aliphatic carbocycles. The molecule has 0 saturated carbocycles. The van der Waals surface area contributed by atoms with Crippen LogP contribution in [-0.4, -0.2) is 41.3 Å². The Kier molecular flexibility index (Phi) is 5.09. The summed E-state index contributed by atoms with van der Waals surface area (Å²) >= 11 is 6.13. The van der Waals surface area contributed by atoms with E-state index in [9.17, 15) is 0 Å². The number of aromatic nitrogens is 3. The molecule has 1 saturated heterocycles. The van der Waals surface area contributed by atoms with Crippen LogP contribution in [0.25, 0.3) is 10.9 Å². The van der Waals surface area contributed by atoms with Crippen molar-refractivity contribution in [3.8, 4) is 0 Å². The van der Waals surface area contributed by atoms with Gasteiger partial charge in [-0.05, 0) is 37.1 Å². The molecule has 0 bridgehead atoms. The molecule has 4 rings (SSSR count). The fourth-order valence-electron chi connectivity index (χ4n) is 3.85. The van der Waals surface area contributed by atoms with Crippen LogP contribution in [0.1, 0.15) is 24.6 Å². The number of hydrogen-bond donors (Lipinski definition) is 0. The van der Waals surface area contributed by atoms with E-state index in [2.05, 4.69) is 37.8 Å². The Morgan fingerprint density at radius 2 is 2.15 bits per heavy atom. The lowest BCUT2D eigenvalue weighted by Gasteiger charge is -2.35. The highest BCUT2D eigenvalue weighted by atomic mass is 35.5. The van der Waals surface area contributed by atoms with E-state index >= 15 is 0 Å². The molecule has 0 amide bonds. The van der Waals surface area contributed by atoms with Crippen molar-refractivity contribution < 1.29 is 4.74 Å². The molecule has 5 nitrogen and oxygen atoms in total. The summed E-state index contributed by atoms with van der Waals surface area (Å²) in [6.45, 7) is 3.57. The van der Waals surface area contributed by atoms with Crippen molar-refractivity contribution in [2.45, 2.75) is 25.3 Å². The number of nitrogens with zero attached hydrogens (tertiary/aromatic N) is 4. The van der Waals surface area contributed by atoms with Crippen LogP contribution in [0.15, 0.2) is 42.9 Å². The van der Waals surface area contributed by atoms with Gasteiger partial charge in [-0.15, -0.1) is 0 Å². The molecule has 1 aromatic carbocycles. The van der Waals surface area contributed by atoms with Gasteiger partial charge < -0.3 is 14.2 Å². The predicted molar refractivity (Wildman–Crippen MR) is 105 cm³/mol. The minimum absolute atomic E-state index is 0.422. The van der Waals surface area contributed by atoms with Crippen molar-refractivity contribution in [1.29, 1.82) is 0 Å². The number of benzene rings is 1. The van der Waals surface area contributed by atoms with E-state index in [1.165, 1.54) is 5.69 Å². The fraction of sp³-hybridized carbons (Fsp3) is 0.400. The molecule has 1 atom stereocenters. The molecule has 3 aromatic rings. The summed E-state index contributed by atoms with van der Waals surface area (Å²) in [5, 5.41) is 1.87. The summed E-state index contributed by atoms with van der Waals surface area (Å²) < 4.78 is 7.45. The van der Waals surface area contributed by atoms with Crippen molar-refractivity contribution in [3.63, 3.8) is 0 Å². The van der Waals surface area contributed by atoms with Crippen LogP contribution in [0, 0.1) is 0 Å². The molecule has 0 spiro atoms. The Morgan fingerprint density at radius 3 is 3.04 bits per heavy atom. The van der Waals surface area contributed by atoms with Crippen molar-refractivity contribution in [2.24, 2.45) is 0 Å². The van der Waals surface area contributed by atoms with E-state index in [0.717, 1.165) is 54.2 Å². The molecule has 1 fully saturated rings. The second-order valence-electron chi connectivity index (χ2n) is 6.75. The summed E-state index contributed by atoms with van der Waals surface area (Å²) in [5.74, 6) is 1.58. The van der Waals surface area contributed by atoms with Gasteiger partial charge in [-0.1, -0.05) is 11.6 Å². The van der Waals surface area contributed by atoms with Gasteiger partial charge in [0.25, 0.3) is 0 Å². The number of hydrogen-bond acceptors (Lipinski definition) is 4. The second-order valence-corrected chi connectivity index (χ2v) is 7.18. The molecule has 3 heterocycles. The molecule has 0 N–H and O–H groups in total. The van der Waals surface area contributed by atoms with Crippen LogP contribution in [0.2, 0.25) is 5.02 Å². The maximum absolute atomic E-state index is 6.13. The van der Waals surface area contributed by atoms with Crippen LogP contribution in [-0.2, 0) is 11.3 Å². The number of piperidine rings is 1. The Bertz CT molecular complexity index is 894. The largest absolute Gasteiger partial charge is 0.383 e. The Balaban J connectivity index is 1.61. The van der Waals surface area contributed by atoms with E-state index < -0.39 is 0 Å². The lowest BCUT2D eigenvalue weighted by atomic mass is 9.96. The summed E-state index contributed by atoms with van der Waals surface area (Å²) in [6.07, 6.45) is 8.14. The number of fused-ring (bicyclic) bond motifs is 1. The highest BCUT2D eigenvalue weighted by Crippen LogP contribution is 2.33. The molecule has 136 valence electrons. The average Bonchev–Trinajstić information content (AvgIpc) is 3.14. The van der Waals surface area contributed by atoms with E-state index in [0.29, 0.717) is 12.5 Å². The lowest BCUT2D eigenvalue weighted by molar-refractivity contribution is 0.185. The monoisotopic (exact) mass is 370 g/mol. The van der Waals surface area contributed by atoms with Crippen molar-refractivity contribution >= 4 is 28.2 Å². The normalized spacial score (nSPS) is 17.8. The number of ether oxygens (including phenoxy) is 1. The molecule has 2 aromatic heterocycles. The van der Waals surface area contributed by atoms with E-state index in [1.54, 1.807) is 7.11 Å². The smallest absolute Gasteiger partial charge is 0.113 e. The summed E-state index contributed by atoms with van der Waals surface area (Å²) in [4.78, 5) is 11.6. The molecule has 0 radical (unpaired) electrons. The zero-order valence-corrected chi connectivity index (χ0v) is 15.7. The number of methoxy groups -OCH3 is 1. The molecular formula is C20H23ClN4O. The third-order valence-electron chi connectivity index (χ3n) is 5.09. The molecule has 26 heavy (non-hydrogen) atoms. The minimum atomic E-state index is 0.422. The van der Waals surface area contributed by atoms with Gasteiger partial charge in [-0.3, -0.25) is 4.98 Å². The van der Waals surface area contributed by atoms with Gasteiger partial charge >= 0.3 is 0 Å². The van der Waals surface area contributed by atoms with Gasteiger partial charge in [-0.2, -0.15) is 0 Å². The maximum atomic E-state index is 6.13. The molecule has 1 aliphatic heterocycles. The Hall–Kier alpha value is -2.11. The zero-order chi connectivity index (χ0) is 17.9. The topological polar surface area (TPSA) is 43.2 Å². The fourth-order valence-corrected chi connectivity index (χ4v) is 4.01. The first kappa shape index (κ1) is 17.3. The van der Waals surface area contributed by atoms with Gasteiger partial charge in [-0.25, -0.2) is 4.98 Å². The summed E-state index contributed by atoms with van der Waals surface area (Å²) in [7, 11) is 1.74. The Morgan fingerprint density at radius 1 is 1.23 bits per heavy atom. The lowest BCUT2D eigenvalue weighted by Crippen LogP contribution is -2.35. The molecule has 6 heteroatoms. The third-order valence-corrected chi connectivity index (χ3v) is 5.33. The van der Waals surface area contributed by atoms with Gasteiger partial charge in [0.2, 0.25) is 0 Å². The number of anilines is 1. The highest BCUT2D eigenvalue weighted by molar-refractivity contribution is 6.31. The molecular weight excluding hydrogens is 348 g/mol. The number of imidazole rings is 1. The van der Waals surface area contributed by atoms with Crippen molar-refractivity contribution in [1.82, 2.24) is 14.5 Å². The first-order valence-corrected chi connectivity index (χ1v) is 9.43. The first-order chi connectivity index (χ1) is 12.8. The summed E-state index contributed by atoms with van der Waals surface area (Å²) in [5.41, 5.74) is 2.17. The van der Waals surface area contributed by atoms with Gasteiger partial charge in [0.1, 0.15) is 5.82 Å². The number of halogens is 1. The van der Waals surface area contributed by atoms with Gasteiger partial charge in [0, 0.05) is 67.3 Å². The van der Waals surface area contributed by atoms with E-state index in [1.807, 2.05) is 24.5 Å². The van der Waals surface area contributed by atoms with Crippen molar-refractivity contribution in [3.05, 3.63) is 53.7 Å². The van der Waals surface area contributed by atoms with Crippen LogP contribution in [0.4, 0.5) is 5.69 Å². The standard InChI is InChI=1S/C20H23ClN4O/c1-26-12-11-24-10-8-23-20(24)15-3-2-9-25(14-15)19-6-7-22-18-13-16(21)4-5-17(18)19/h4-8,10,13,15H,2-3,9,11-12,14H2,1H3/t15-/m0/s1. The minimum Gasteiger partial charge on any atom is -0.383 e. The van der Waals surface area contributed by atoms with Gasteiger partial charge in [0.15, 0.2) is 0 Å². The van der Waals surface area contributed by atoms with E-state index in [-0.39, 0.29) is 0 Å². The predicted octanol–water partition coefficient (Wildman–Crippen LogP) is 4.12. The molecule has 1 aliphatic rings. The molecule has 0 unspecified atom stereocenters. The summed E-state index contributed by atoms with van der Waals surface area (Å²) in [6, 6.07) is 8.05. The highest BCUT2D eigenvalue weighted by Gasteiger charge is 2.25. The van der Waals surface area contributed by atoms with Gasteiger partial charge in [0.05, 0.1) is 12.1 Å². The average molecular weight is 371 g/mol. The first-order valence-electron chi connectivity index (χ1n) is 9.05. The van der Waals surface area contributed by atoms with Crippen LogP contribution in [0.3, 0.4) is 0 Å². The van der Waals surface area contributed by atoms with Crippen LogP contribution >= 0.6 is 11.6 Å². The number of rotatable bonds is 5. The zero-order valence-electron chi connectivity index (χ0n) is 14.9. The van der Waals surface area contributed by atoms with Crippen LogP contribution < -0.4 is 4.90 Å². The maximum Gasteiger partial charge on any atom is 0.113 e. The van der Waals surface area contributed by atoms with Crippen molar-refractivity contribution in [2.75, 3.05) is 31.7 Å².